The Balaban J connectivity index is 2.94. The van der Waals surface area contributed by atoms with Crippen LogP contribution in [0.1, 0.15) is 13.8 Å². The van der Waals surface area contributed by atoms with Crippen LogP contribution in [0.25, 0.3) is 0 Å². The number of carbonyl (C=O) groups excluding carboxylic acids is 2. The maximum absolute atomic E-state index is 11.1. The first-order chi connectivity index (χ1) is 8.90. The molecule has 1 saturated heterocycles. The van der Waals surface area contributed by atoms with Gasteiger partial charge < -0.3 is 24.1 Å². The van der Waals surface area contributed by atoms with Crippen molar-refractivity contribution in [3.05, 3.63) is 0 Å². The first-order valence-corrected chi connectivity index (χ1v) is 7.20. The van der Waals surface area contributed by atoms with Crippen LogP contribution in [0.5, 0.6) is 0 Å². The summed E-state index contributed by atoms with van der Waals surface area (Å²) in [7, 11) is 1.39. The highest BCUT2D eigenvalue weighted by Crippen LogP contribution is 2.28. The van der Waals surface area contributed by atoms with Gasteiger partial charge in [-0.05, 0) is 0 Å². The van der Waals surface area contributed by atoms with Gasteiger partial charge in [0.25, 0.3) is 0 Å². The molecular weight excluding hydrogens is 371 g/mol. The van der Waals surface area contributed by atoms with Gasteiger partial charge in [-0.15, -0.1) is 0 Å². The molecule has 1 aliphatic heterocycles. The largest absolute Gasteiger partial charge is 0.457 e. The van der Waals surface area contributed by atoms with Crippen LogP contribution in [0.4, 0.5) is 0 Å². The fourth-order valence-corrected chi connectivity index (χ4v) is 2.65. The first-order valence-electron chi connectivity index (χ1n) is 5.67. The number of esters is 2. The minimum absolute atomic E-state index is 0.486. The third-order valence-corrected chi connectivity index (χ3v) is 3.51. The van der Waals surface area contributed by atoms with Crippen LogP contribution in [0.3, 0.4) is 0 Å². The molecule has 1 fully saturated rings. The number of hydrogen-bond donors (Lipinski definition) is 1. The van der Waals surface area contributed by atoms with Crippen LogP contribution >= 0.6 is 22.6 Å². The molecule has 5 unspecified atom stereocenters. The summed E-state index contributed by atoms with van der Waals surface area (Å²) in [6.45, 7) is 2.48. The second-order valence-electron chi connectivity index (χ2n) is 4.07. The monoisotopic (exact) mass is 388 g/mol. The number of hydrogen-bond acceptors (Lipinski definition) is 7. The molecule has 0 spiro atoms. The van der Waals surface area contributed by atoms with E-state index in [0.29, 0.717) is 4.43 Å². The molecule has 110 valence electrons. The van der Waals surface area contributed by atoms with E-state index in [9.17, 15) is 14.7 Å². The van der Waals surface area contributed by atoms with Crippen molar-refractivity contribution in [2.45, 2.75) is 44.6 Å². The molecule has 0 aromatic carbocycles. The third kappa shape index (κ3) is 4.26. The zero-order valence-corrected chi connectivity index (χ0v) is 13.0. The summed E-state index contributed by atoms with van der Waals surface area (Å²) in [5.41, 5.74) is 0. The minimum atomic E-state index is -1.32. The van der Waals surface area contributed by atoms with Crippen LogP contribution in [-0.2, 0) is 28.5 Å². The summed E-state index contributed by atoms with van der Waals surface area (Å²) in [6.07, 6.45) is -4.41. The number of halogens is 1. The van der Waals surface area contributed by atoms with E-state index in [0.717, 1.165) is 0 Å². The van der Waals surface area contributed by atoms with Gasteiger partial charge in [0.2, 0.25) is 0 Å². The molecule has 0 radical (unpaired) electrons. The highest BCUT2D eigenvalue weighted by molar-refractivity contribution is 14.1. The Hall–Kier alpha value is -0.450. The van der Waals surface area contributed by atoms with Gasteiger partial charge >= 0.3 is 11.9 Å². The lowest BCUT2D eigenvalue weighted by Gasteiger charge is -2.42. The minimum Gasteiger partial charge on any atom is -0.457 e. The van der Waals surface area contributed by atoms with E-state index in [-0.39, 0.29) is 0 Å². The number of alkyl halides is 1. The highest BCUT2D eigenvalue weighted by atomic mass is 127. The van der Waals surface area contributed by atoms with Gasteiger partial charge in [-0.2, -0.15) is 0 Å². The normalized spacial score (nSPS) is 34.7. The van der Waals surface area contributed by atoms with Crippen LogP contribution < -0.4 is 0 Å². The van der Waals surface area contributed by atoms with E-state index in [2.05, 4.69) is 0 Å². The van der Waals surface area contributed by atoms with Gasteiger partial charge in [0, 0.05) is 25.4 Å². The molecule has 0 aromatic heterocycles. The zero-order valence-electron chi connectivity index (χ0n) is 10.9. The molecule has 0 bridgehead atoms. The molecule has 1 aliphatic rings. The van der Waals surface area contributed by atoms with Gasteiger partial charge in [0.15, 0.2) is 18.5 Å². The van der Waals surface area contributed by atoms with Crippen molar-refractivity contribution in [1.29, 1.82) is 0 Å². The Bertz CT molecular complexity index is 335. The highest BCUT2D eigenvalue weighted by Gasteiger charge is 2.49. The molecule has 5 atom stereocenters. The zero-order chi connectivity index (χ0) is 14.6. The Morgan fingerprint density at radius 3 is 2.11 bits per heavy atom. The molecule has 1 rings (SSSR count). The van der Waals surface area contributed by atoms with E-state index < -0.39 is 42.6 Å². The number of ether oxygens (including phenoxy) is 4. The maximum Gasteiger partial charge on any atom is 0.303 e. The number of aliphatic hydroxyl groups is 1. The Labute approximate surface area is 124 Å². The molecule has 19 heavy (non-hydrogen) atoms. The maximum atomic E-state index is 11.1. The van der Waals surface area contributed by atoms with Crippen molar-refractivity contribution < 1.29 is 33.6 Å². The first kappa shape index (κ1) is 16.6. The van der Waals surface area contributed by atoms with Gasteiger partial charge in [-0.1, -0.05) is 22.6 Å². The summed E-state index contributed by atoms with van der Waals surface area (Å²) in [4.78, 5) is 22.2. The summed E-state index contributed by atoms with van der Waals surface area (Å²) in [6, 6.07) is 0. The van der Waals surface area contributed by atoms with Crippen LogP contribution in [0.15, 0.2) is 0 Å². The SMILES string of the molecule is COC1C(OC(C)=O)C(O)OC(CI)C1OC(C)=O. The van der Waals surface area contributed by atoms with Crippen LogP contribution in [-0.4, -0.2) is 59.3 Å². The predicted molar refractivity (Wildman–Crippen MR) is 71.7 cm³/mol. The Morgan fingerprint density at radius 2 is 1.68 bits per heavy atom. The Kier molecular flexibility index (Phi) is 6.43. The van der Waals surface area contributed by atoms with Gasteiger partial charge in [-0.3, -0.25) is 9.59 Å². The molecule has 8 heteroatoms. The lowest BCUT2D eigenvalue weighted by molar-refractivity contribution is -0.287. The summed E-state index contributed by atoms with van der Waals surface area (Å²) < 4.78 is 21.2. The van der Waals surface area contributed by atoms with E-state index in [1.807, 2.05) is 22.6 Å². The predicted octanol–water partition coefficient (Wildman–Crippen LogP) is 0.0170. The lowest BCUT2D eigenvalue weighted by atomic mass is 9.99. The fraction of sp³-hybridized carbons (Fsp3) is 0.818. The lowest BCUT2D eigenvalue weighted by Crippen LogP contribution is -2.61. The number of aliphatic hydroxyl groups excluding tert-OH is 1. The molecule has 7 nitrogen and oxygen atoms in total. The molecule has 0 aromatic rings. The van der Waals surface area contributed by atoms with Crippen molar-refractivity contribution >= 4 is 34.5 Å². The van der Waals surface area contributed by atoms with Gasteiger partial charge in [0.1, 0.15) is 12.2 Å². The molecule has 1 heterocycles. The van der Waals surface area contributed by atoms with Crippen molar-refractivity contribution in [2.75, 3.05) is 11.5 Å². The smallest absolute Gasteiger partial charge is 0.303 e. The van der Waals surface area contributed by atoms with Crippen LogP contribution in [0, 0.1) is 0 Å². The summed E-state index contributed by atoms with van der Waals surface area (Å²) in [5, 5.41) is 9.85. The molecule has 0 amide bonds. The average Bonchev–Trinajstić information content (AvgIpc) is 2.32. The van der Waals surface area contributed by atoms with Crippen molar-refractivity contribution in [2.24, 2.45) is 0 Å². The Morgan fingerprint density at radius 1 is 1.16 bits per heavy atom. The standard InChI is InChI=1S/C11H17IO7/c1-5(13)17-8-7(4-12)19-11(15)10(9(8)16-3)18-6(2)14/h7-11,15H,4H2,1-3H3. The van der Waals surface area contributed by atoms with E-state index >= 15 is 0 Å². The fourth-order valence-electron chi connectivity index (χ4n) is 1.94. The number of rotatable bonds is 4. The van der Waals surface area contributed by atoms with Crippen LogP contribution in [0.2, 0.25) is 0 Å². The van der Waals surface area contributed by atoms with Gasteiger partial charge in [-0.25, -0.2) is 0 Å². The second kappa shape index (κ2) is 7.36. The van der Waals surface area contributed by atoms with E-state index in [1.54, 1.807) is 0 Å². The molecule has 0 saturated carbocycles. The molecular formula is C11H17IO7. The molecule has 0 aliphatic carbocycles. The van der Waals surface area contributed by atoms with Crippen molar-refractivity contribution in [3.63, 3.8) is 0 Å². The topological polar surface area (TPSA) is 91.3 Å². The number of carbonyl (C=O) groups is 2. The van der Waals surface area contributed by atoms with Crippen molar-refractivity contribution in [1.82, 2.24) is 0 Å². The molecule has 1 N–H and O–H groups in total. The van der Waals surface area contributed by atoms with Crippen molar-refractivity contribution in [3.8, 4) is 0 Å². The second-order valence-corrected chi connectivity index (χ2v) is 4.95. The summed E-state index contributed by atoms with van der Waals surface area (Å²) >= 11 is 2.05. The number of methoxy groups -OCH3 is 1. The average molecular weight is 388 g/mol. The van der Waals surface area contributed by atoms with E-state index in [1.165, 1.54) is 21.0 Å². The van der Waals surface area contributed by atoms with Gasteiger partial charge in [0.05, 0.1) is 0 Å². The third-order valence-electron chi connectivity index (χ3n) is 2.64. The van der Waals surface area contributed by atoms with E-state index in [4.69, 9.17) is 18.9 Å². The quantitative estimate of drug-likeness (QED) is 0.413. The summed E-state index contributed by atoms with van der Waals surface area (Å²) in [5.74, 6) is -1.08.